The van der Waals surface area contributed by atoms with Crippen molar-refractivity contribution in [2.75, 3.05) is 25.0 Å². The Bertz CT molecular complexity index is 987. The van der Waals surface area contributed by atoms with Crippen molar-refractivity contribution in [3.8, 4) is 5.75 Å². The van der Waals surface area contributed by atoms with Crippen molar-refractivity contribution in [3.05, 3.63) is 59.4 Å². The summed E-state index contributed by atoms with van der Waals surface area (Å²) in [5, 5.41) is 24.3. The zero-order chi connectivity index (χ0) is 21.6. The van der Waals surface area contributed by atoms with Crippen LogP contribution in [0.15, 0.2) is 42.5 Å². The lowest BCUT2D eigenvalue weighted by molar-refractivity contribution is 0.0177. The van der Waals surface area contributed by atoms with Gasteiger partial charge in [-0.2, -0.15) is 0 Å². The maximum absolute atomic E-state index is 14.9. The standard InChI is InChI=1S/C23H25FN2O5/c24-21-17(6-7-19-18(21)12-30-22(28)25-19)20(27)11-26-10-14-8-16(9-23(14,29)13-26)31-15-4-2-1-3-5-15/h1-7,14,16,20,27,29H,8-13H2,(H,25,28)/t14-,16+,20+,23-/m1/s1. The molecule has 2 aromatic rings. The summed E-state index contributed by atoms with van der Waals surface area (Å²) >= 11 is 0. The molecule has 2 fully saturated rings. The number of nitrogens with zero attached hydrogens (tertiary/aromatic N) is 1. The first-order valence-corrected chi connectivity index (χ1v) is 10.5. The van der Waals surface area contributed by atoms with E-state index in [9.17, 15) is 19.4 Å². The smallest absolute Gasteiger partial charge is 0.411 e. The van der Waals surface area contributed by atoms with Crippen LogP contribution in [-0.4, -0.2) is 52.5 Å². The van der Waals surface area contributed by atoms with Gasteiger partial charge in [-0.3, -0.25) is 10.2 Å². The summed E-state index contributed by atoms with van der Waals surface area (Å²) in [4.78, 5) is 13.3. The van der Waals surface area contributed by atoms with E-state index in [4.69, 9.17) is 9.47 Å². The highest BCUT2D eigenvalue weighted by atomic mass is 19.1. The molecule has 3 aliphatic rings. The van der Waals surface area contributed by atoms with Gasteiger partial charge in [0.1, 0.15) is 24.3 Å². The number of halogens is 1. The molecule has 0 spiro atoms. The van der Waals surface area contributed by atoms with Gasteiger partial charge in [0.15, 0.2) is 0 Å². The number of fused-ring (bicyclic) bond motifs is 2. The summed E-state index contributed by atoms with van der Waals surface area (Å²) in [7, 11) is 0. The number of nitrogens with one attached hydrogen (secondary N) is 1. The molecule has 1 saturated heterocycles. The minimum Gasteiger partial charge on any atom is -0.490 e. The number of aliphatic hydroxyl groups excluding tert-OH is 1. The van der Waals surface area contributed by atoms with Gasteiger partial charge in [-0.05, 0) is 24.6 Å². The summed E-state index contributed by atoms with van der Waals surface area (Å²) in [6.07, 6.45) is -0.447. The number of ether oxygens (including phenoxy) is 2. The molecular formula is C23H25FN2O5. The molecule has 3 N–H and O–H groups in total. The van der Waals surface area contributed by atoms with Gasteiger partial charge in [-0.25, -0.2) is 9.18 Å². The molecule has 2 aliphatic heterocycles. The molecule has 1 aliphatic carbocycles. The van der Waals surface area contributed by atoms with E-state index in [1.807, 2.05) is 35.2 Å². The van der Waals surface area contributed by atoms with Crippen LogP contribution in [0.2, 0.25) is 0 Å². The van der Waals surface area contributed by atoms with Crippen molar-refractivity contribution in [2.45, 2.75) is 37.3 Å². The van der Waals surface area contributed by atoms with E-state index >= 15 is 0 Å². The van der Waals surface area contributed by atoms with E-state index in [0.29, 0.717) is 25.2 Å². The molecule has 2 heterocycles. The molecule has 1 amide bonds. The van der Waals surface area contributed by atoms with Crippen molar-refractivity contribution < 1.29 is 28.9 Å². The fourth-order valence-electron chi connectivity index (χ4n) is 5.08. The Morgan fingerprint density at radius 1 is 1.29 bits per heavy atom. The second-order valence-corrected chi connectivity index (χ2v) is 8.70. The SMILES string of the molecule is O=C1Nc2ccc([C@@H](O)CN3C[C@H]4C[C@H](Oc5ccccc5)C[C@@]4(O)C3)c(F)c2CO1. The normalized spacial score (nSPS) is 28.4. The average molecular weight is 428 g/mol. The molecule has 1 saturated carbocycles. The van der Waals surface area contributed by atoms with Crippen LogP contribution < -0.4 is 10.1 Å². The molecule has 0 radical (unpaired) electrons. The lowest BCUT2D eigenvalue weighted by Gasteiger charge is -2.26. The van der Waals surface area contributed by atoms with Gasteiger partial charge in [0.2, 0.25) is 0 Å². The average Bonchev–Trinajstić information content (AvgIpc) is 3.18. The number of cyclic esters (lactones) is 1. The number of hydrogen-bond donors (Lipinski definition) is 3. The highest BCUT2D eigenvalue weighted by Crippen LogP contribution is 2.43. The third-order valence-corrected chi connectivity index (χ3v) is 6.56. The summed E-state index contributed by atoms with van der Waals surface area (Å²) in [6, 6.07) is 12.6. The van der Waals surface area contributed by atoms with E-state index in [2.05, 4.69) is 5.32 Å². The topological polar surface area (TPSA) is 91.3 Å². The Labute approximate surface area is 179 Å². The van der Waals surface area contributed by atoms with Crippen LogP contribution in [0.4, 0.5) is 14.9 Å². The first kappa shape index (κ1) is 20.2. The zero-order valence-corrected chi connectivity index (χ0v) is 17.0. The van der Waals surface area contributed by atoms with Crippen LogP contribution in [0.5, 0.6) is 5.75 Å². The van der Waals surface area contributed by atoms with Gasteiger partial charge in [-0.1, -0.05) is 24.3 Å². The largest absolute Gasteiger partial charge is 0.490 e. The lowest BCUT2D eigenvalue weighted by atomic mass is 9.95. The van der Waals surface area contributed by atoms with Gasteiger partial charge in [0.25, 0.3) is 0 Å². The third-order valence-electron chi connectivity index (χ3n) is 6.56. The molecule has 7 nitrogen and oxygen atoms in total. The number of rotatable bonds is 5. The second-order valence-electron chi connectivity index (χ2n) is 8.70. The molecule has 0 aromatic heterocycles. The number of carbonyl (C=O) groups is 1. The van der Waals surface area contributed by atoms with Gasteiger partial charge in [0.05, 0.1) is 17.4 Å². The Morgan fingerprint density at radius 3 is 2.87 bits per heavy atom. The summed E-state index contributed by atoms with van der Waals surface area (Å²) in [6.45, 7) is 1.08. The number of carbonyl (C=O) groups excluding carboxylic acids is 1. The Kier molecular flexibility index (Phi) is 5.08. The van der Waals surface area contributed by atoms with E-state index in [1.54, 1.807) is 6.07 Å². The van der Waals surface area contributed by atoms with Crippen LogP contribution in [0.25, 0.3) is 0 Å². The second kappa shape index (κ2) is 7.78. The highest BCUT2D eigenvalue weighted by molar-refractivity contribution is 5.87. The predicted octanol–water partition coefficient (Wildman–Crippen LogP) is 2.83. The van der Waals surface area contributed by atoms with Gasteiger partial charge < -0.3 is 19.7 Å². The number of β-amino-alcohol motifs (C(OH)–C–C–N with tert-alkyl or cyclic N) is 2. The van der Waals surface area contributed by atoms with E-state index < -0.39 is 23.6 Å². The van der Waals surface area contributed by atoms with Crippen LogP contribution in [-0.2, 0) is 11.3 Å². The van der Waals surface area contributed by atoms with E-state index in [1.165, 1.54) is 6.07 Å². The van der Waals surface area contributed by atoms with Gasteiger partial charge in [-0.15, -0.1) is 0 Å². The van der Waals surface area contributed by atoms with E-state index in [0.717, 1.165) is 12.2 Å². The molecule has 0 bridgehead atoms. The number of amides is 1. The Hall–Kier alpha value is -2.68. The predicted molar refractivity (Wildman–Crippen MR) is 110 cm³/mol. The third kappa shape index (κ3) is 3.86. The minimum absolute atomic E-state index is 0.0437. The zero-order valence-electron chi connectivity index (χ0n) is 17.0. The number of benzene rings is 2. The van der Waals surface area contributed by atoms with Gasteiger partial charge in [0, 0.05) is 43.1 Å². The highest BCUT2D eigenvalue weighted by Gasteiger charge is 2.52. The maximum Gasteiger partial charge on any atom is 0.411 e. The fraction of sp³-hybridized carbons (Fsp3) is 0.435. The molecule has 2 aromatic carbocycles. The maximum atomic E-state index is 14.9. The number of hydrogen-bond acceptors (Lipinski definition) is 6. The molecule has 164 valence electrons. The van der Waals surface area contributed by atoms with Crippen molar-refractivity contribution in [1.82, 2.24) is 4.90 Å². The molecule has 8 heteroatoms. The van der Waals surface area contributed by atoms with Crippen LogP contribution in [0, 0.1) is 11.7 Å². The quantitative estimate of drug-likeness (QED) is 0.679. The van der Waals surface area contributed by atoms with Crippen molar-refractivity contribution >= 4 is 11.8 Å². The first-order valence-electron chi connectivity index (χ1n) is 10.5. The van der Waals surface area contributed by atoms with E-state index in [-0.39, 0.29) is 36.3 Å². The minimum atomic E-state index is -1.05. The lowest BCUT2D eigenvalue weighted by Crippen LogP contribution is -2.36. The summed E-state index contributed by atoms with van der Waals surface area (Å²) in [5.74, 6) is 0.274. The number of para-hydroxylation sites is 1. The fourth-order valence-corrected chi connectivity index (χ4v) is 5.08. The van der Waals surface area contributed by atoms with Crippen LogP contribution in [0.1, 0.15) is 30.1 Å². The van der Waals surface area contributed by atoms with Crippen molar-refractivity contribution in [2.24, 2.45) is 5.92 Å². The molecular weight excluding hydrogens is 403 g/mol. The molecule has 4 atom stereocenters. The number of anilines is 1. The molecule has 0 unspecified atom stereocenters. The summed E-state index contributed by atoms with van der Waals surface area (Å²) in [5.41, 5.74) is -0.118. The Morgan fingerprint density at radius 2 is 2.10 bits per heavy atom. The molecule has 31 heavy (non-hydrogen) atoms. The van der Waals surface area contributed by atoms with Crippen molar-refractivity contribution in [1.29, 1.82) is 0 Å². The number of likely N-dealkylation sites (tertiary alicyclic amines) is 1. The number of aliphatic hydroxyl groups is 2. The van der Waals surface area contributed by atoms with Crippen LogP contribution >= 0.6 is 0 Å². The monoisotopic (exact) mass is 428 g/mol. The van der Waals surface area contributed by atoms with Crippen molar-refractivity contribution in [3.63, 3.8) is 0 Å². The molecule has 5 rings (SSSR count). The summed E-state index contributed by atoms with van der Waals surface area (Å²) < 4.78 is 25.8. The first-order chi connectivity index (χ1) is 14.9. The Balaban J connectivity index is 1.22. The van der Waals surface area contributed by atoms with Crippen LogP contribution in [0.3, 0.4) is 0 Å². The van der Waals surface area contributed by atoms with Gasteiger partial charge >= 0.3 is 6.09 Å².